The fourth-order valence-corrected chi connectivity index (χ4v) is 4.81. The van der Waals surface area contributed by atoms with E-state index in [2.05, 4.69) is 29.3 Å². The largest absolute Gasteiger partial charge is 0.496 e. The second kappa shape index (κ2) is 12.4. The molecule has 1 aliphatic rings. The molecule has 182 valence electrons. The lowest BCUT2D eigenvalue weighted by Crippen LogP contribution is -2.29. The van der Waals surface area contributed by atoms with Crippen molar-refractivity contribution in [3.8, 4) is 5.75 Å². The number of carbonyl (C=O) groups excluding carboxylic acids is 1. The summed E-state index contributed by atoms with van der Waals surface area (Å²) in [5.74, 6) is 2.14. The monoisotopic (exact) mass is 500 g/mol. The van der Waals surface area contributed by atoms with Crippen molar-refractivity contribution in [3.05, 3.63) is 76.8 Å². The molecule has 1 fully saturated rings. The van der Waals surface area contributed by atoms with Crippen LogP contribution in [-0.4, -0.2) is 44.1 Å². The highest BCUT2D eigenvalue weighted by Crippen LogP contribution is 2.51. The molecule has 34 heavy (non-hydrogen) atoms. The van der Waals surface area contributed by atoms with Gasteiger partial charge in [0.05, 0.1) is 7.11 Å². The van der Waals surface area contributed by atoms with Gasteiger partial charge in [0, 0.05) is 23.7 Å². The summed E-state index contributed by atoms with van der Waals surface area (Å²) in [6.07, 6.45) is 3.24. The van der Waals surface area contributed by atoms with Gasteiger partial charge in [-0.05, 0) is 90.9 Å². The zero-order valence-electron chi connectivity index (χ0n) is 19.9. The molecule has 2 atom stereocenters. The van der Waals surface area contributed by atoms with E-state index in [1.54, 1.807) is 7.11 Å². The number of hydrogen-bond acceptors (Lipinski definition) is 3. The molecule has 1 N–H and O–H groups in total. The maximum Gasteiger partial charge on any atom is 0.251 e. The fourth-order valence-electron chi connectivity index (χ4n) is 4.63. The van der Waals surface area contributed by atoms with Crippen LogP contribution in [0.25, 0.3) is 10.8 Å². The molecule has 2 unspecified atom stereocenters. The molecule has 4 rings (SSSR count). The van der Waals surface area contributed by atoms with Crippen LogP contribution >= 0.6 is 24.0 Å². The van der Waals surface area contributed by atoms with Crippen LogP contribution in [0.5, 0.6) is 5.75 Å². The van der Waals surface area contributed by atoms with Gasteiger partial charge < -0.3 is 15.0 Å². The highest BCUT2D eigenvalue weighted by Gasteiger charge is 2.40. The number of nitrogens with zero attached hydrogens (tertiary/aromatic N) is 1. The zero-order valence-corrected chi connectivity index (χ0v) is 21.5. The minimum Gasteiger partial charge on any atom is -0.496 e. The molecule has 0 aromatic heterocycles. The first-order valence-electron chi connectivity index (χ1n) is 11.9. The quantitative estimate of drug-likeness (QED) is 0.303. The Bertz CT molecular complexity index is 1100. The van der Waals surface area contributed by atoms with Gasteiger partial charge in [0.25, 0.3) is 5.91 Å². The molecule has 3 aromatic rings. The van der Waals surface area contributed by atoms with Crippen LogP contribution in [-0.2, 0) is 0 Å². The van der Waals surface area contributed by atoms with Crippen LogP contribution in [0.4, 0.5) is 0 Å². The standard InChI is InChI=1S/C28H33ClN2O2.ClH/c1-3-31(19-23-17-25(23)26-18-24(29)12-13-27(26)33-2)15-7-6-14-30-28(32)22-11-10-20-8-4-5-9-21(20)16-22;/h4-5,8-13,16,18,23,25H,3,6-7,14-15,17,19H2,1-2H3,(H,30,32);1H. The molecular weight excluding hydrogens is 467 g/mol. The number of unbranched alkanes of at least 4 members (excludes halogenated alkanes) is 1. The fraction of sp³-hybridized carbons (Fsp3) is 0.393. The maximum absolute atomic E-state index is 12.5. The lowest BCUT2D eigenvalue weighted by atomic mass is 10.1. The van der Waals surface area contributed by atoms with Gasteiger partial charge >= 0.3 is 0 Å². The third kappa shape index (κ3) is 6.65. The molecule has 0 spiro atoms. The summed E-state index contributed by atoms with van der Waals surface area (Å²) in [6, 6.07) is 19.9. The Kier molecular flexibility index (Phi) is 9.63. The van der Waals surface area contributed by atoms with E-state index in [0.29, 0.717) is 18.4 Å². The molecule has 6 heteroatoms. The number of nitrogens with one attached hydrogen (secondary N) is 1. The second-order valence-corrected chi connectivity index (χ2v) is 9.34. The van der Waals surface area contributed by atoms with Crippen LogP contribution in [0, 0.1) is 5.92 Å². The number of amides is 1. The van der Waals surface area contributed by atoms with Gasteiger partial charge in [-0.2, -0.15) is 0 Å². The molecule has 0 heterocycles. The van der Waals surface area contributed by atoms with Crippen LogP contribution in [0.3, 0.4) is 0 Å². The van der Waals surface area contributed by atoms with E-state index in [1.807, 2.05) is 48.5 Å². The number of fused-ring (bicyclic) bond motifs is 1. The predicted molar refractivity (Wildman–Crippen MR) is 144 cm³/mol. The van der Waals surface area contributed by atoms with Crippen molar-refractivity contribution < 1.29 is 9.53 Å². The van der Waals surface area contributed by atoms with Gasteiger partial charge in [0.1, 0.15) is 5.75 Å². The molecule has 0 saturated heterocycles. The van der Waals surface area contributed by atoms with Crippen LogP contribution < -0.4 is 10.1 Å². The highest BCUT2D eigenvalue weighted by molar-refractivity contribution is 6.30. The zero-order chi connectivity index (χ0) is 23.2. The summed E-state index contributed by atoms with van der Waals surface area (Å²) < 4.78 is 5.54. The van der Waals surface area contributed by atoms with Gasteiger partial charge in [-0.25, -0.2) is 0 Å². The van der Waals surface area contributed by atoms with Gasteiger partial charge in [0.15, 0.2) is 0 Å². The van der Waals surface area contributed by atoms with Crippen molar-refractivity contribution >= 4 is 40.7 Å². The van der Waals surface area contributed by atoms with Crippen molar-refractivity contribution in [2.45, 2.75) is 32.1 Å². The van der Waals surface area contributed by atoms with E-state index >= 15 is 0 Å². The van der Waals surface area contributed by atoms with E-state index in [0.717, 1.165) is 59.6 Å². The first kappa shape index (κ1) is 26.3. The van der Waals surface area contributed by atoms with Crippen molar-refractivity contribution in [1.29, 1.82) is 0 Å². The Morgan fingerprint density at radius 2 is 1.88 bits per heavy atom. The van der Waals surface area contributed by atoms with E-state index < -0.39 is 0 Å². The van der Waals surface area contributed by atoms with E-state index in [-0.39, 0.29) is 18.3 Å². The normalized spacial score (nSPS) is 16.8. The first-order chi connectivity index (χ1) is 16.1. The van der Waals surface area contributed by atoms with E-state index in [9.17, 15) is 4.79 Å². The SMILES string of the molecule is CCN(CCCCNC(=O)c1ccc2ccccc2c1)CC1CC1c1cc(Cl)ccc1OC.Cl. The number of hydrogen-bond donors (Lipinski definition) is 1. The van der Waals surface area contributed by atoms with Gasteiger partial charge in [-0.1, -0.05) is 48.9 Å². The lowest BCUT2D eigenvalue weighted by molar-refractivity contribution is 0.0952. The van der Waals surface area contributed by atoms with Gasteiger partial charge in [-0.15, -0.1) is 12.4 Å². The molecule has 1 saturated carbocycles. The Balaban J connectivity index is 0.00000324. The summed E-state index contributed by atoms with van der Waals surface area (Å²) in [5.41, 5.74) is 1.96. The number of carbonyl (C=O) groups is 1. The van der Waals surface area contributed by atoms with Crippen molar-refractivity contribution in [2.75, 3.05) is 33.3 Å². The predicted octanol–water partition coefficient (Wildman–Crippen LogP) is 6.56. The molecule has 4 nitrogen and oxygen atoms in total. The number of rotatable bonds is 11. The summed E-state index contributed by atoms with van der Waals surface area (Å²) in [6.45, 7) is 6.12. The van der Waals surface area contributed by atoms with E-state index in [1.165, 1.54) is 12.0 Å². The van der Waals surface area contributed by atoms with E-state index in [4.69, 9.17) is 16.3 Å². The third-order valence-electron chi connectivity index (χ3n) is 6.65. The summed E-state index contributed by atoms with van der Waals surface area (Å²) >= 11 is 6.22. The molecule has 0 aliphatic heterocycles. The van der Waals surface area contributed by atoms with Crippen molar-refractivity contribution in [1.82, 2.24) is 10.2 Å². The Morgan fingerprint density at radius 1 is 1.09 bits per heavy atom. The van der Waals surface area contributed by atoms with Crippen LogP contribution in [0.15, 0.2) is 60.7 Å². The average molecular weight is 501 g/mol. The van der Waals surface area contributed by atoms with Gasteiger partial charge in [-0.3, -0.25) is 4.79 Å². The summed E-state index contributed by atoms with van der Waals surface area (Å²) in [7, 11) is 1.72. The molecular formula is C28H34Cl2N2O2. The summed E-state index contributed by atoms with van der Waals surface area (Å²) in [5, 5.41) is 6.09. The molecule has 1 aliphatic carbocycles. The Hall–Kier alpha value is -2.27. The minimum atomic E-state index is 0. The maximum atomic E-state index is 12.5. The minimum absolute atomic E-state index is 0. The molecule has 1 amide bonds. The molecule has 0 bridgehead atoms. The average Bonchev–Trinajstić information content (AvgIpc) is 3.61. The lowest BCUT2D eigenvalue weighted by Gasteiger charge is -2.20. The van der Waals surface area contributed by atoms with Crippen LogP contribution in [0.2, 0.25) is 5.02 Å². The molecule has 0 radical (unpaired) electrons. The van der Waals surface area contributed by atoms with Crippen LogP contribution in [0.1, 0.15) is 48.0 Å². The second-order valence-electron chi connectivity index (χ2n) is 8.91. The van der Waals surface area contributed by atoms with Crippen molar-refractivity contribution in [2.24, 2.45) is 5.92 Å². The number of halogens is 2. The third-order valence-corrected chi connectivity index (χ3v) is 6.89. The summed E-state index contributed by atoms with van der Waals surface area (Å²) in [4.78, 5) is 15.0. The smallest absolute Gasteiger partial charge is 0.251 e. The van der Waals surface area contributed by atoms with Crippen molar-refractivity contribution in [3.63, 3.8) is 0 Å². The Labute approximate surface area is 214 Å². The number of methoxy groups -OCH3 is 1. The van der Waals surface area contributed by atoms with Gasteiger partial charge in [0.2, 0.25) is 0 Å². The topological polar surface area (TPSA) is 41.6 Å². The highest BCUT2D eigenvalue weighted by atomic mass is 35.5. The first-order valence-corrected chi connectivity index (χ1v) is 12.3. The Morgan fingerprint density at radius 3 is 2.65 bits per heavy atom. The number of benzene rings is 3. The number of ether oxygens (including phenoxy) is 1. The molecule has 3 aromatic carbocycles.